The molecule has 1 aliphatic rings. The first kappa shape index (κ1) is 17.5. The van der Waals surface area contributed by atoms with Gasteiger partial charge in [-0.3, -0.25) is 9.48 Å². The fourth-order valence-corrected chi connectivity index (χ4v) is 3.76. The molecule has 0 radical (unpaired) electrons. The van der Waals surface area contributed by atoms with Gasteiger partial charge in [0.2, 0.25) is 5.91 Å². The summed E-state index contributed by atoms with van der Waals surface area (Å²) < 4.78 is 3.68. The van der Waals surface area contributed by atoms with Crippen molar-refractivity contribution in [3.8, 4) is 11.3 Å². The molecular formula is C21H25N5O. The molecule has 0 aliphatic heterocycles. The van der Waals surface area contributed by atoms with Gasteiger partial charge in [-0.25, -0.2) is 4.68 Å². The summed E-state index contributed by atoms with van der Waals surface area (Å²) in [6, 6.07) is 14.2. The molecule has 0 atom stereocenters. The second kappa shape index (κ2) is 7.78. The zero-order valence-electron chi connectivity index (χ0n) is 15.6. The summed E-state index contributed by atoms with van der Waals surface area (Å²) in [5.41, 5.74) is 2.84. The minimum absolute atomic E-state index is 0.0883. The first-order chi connectivity index (χ1) is 13.2. The van der Waals surface area contributed by atoms with Crippen LogP contribution in [0.3, 0.4) is 0 Å². The minimum atomic E-state index is -0.0883. The first-order valence-electron chi connectivity index (χ1n) is 9.64. The Morgan fingerprint density at radius 1 is 1.11 bits per heavy atom. The number of anilines is 1. The van der Waals surface area contributed by atoms with Crippen molar-refractivity contribution in [2.24, 2.45) is 0 Å². The van der Waals surface area contributed by atoms with Gasteiger partial charge in [-0.05, 0) is 25.8 Å². The quantitative estimate of drug-likeness (QED) is 0.739. The maximum absolute atomic E-state index is 12.6. The lowest BCUT2D eigenvalue weighted by molar-refractivity contribution is -0.117. The van der Waals surface area contributed by atoms with E-state index in [-0.39, 0.29) is 12.5 Å². The van der Waals surface area contributed by atoms with Gasteiger partial charge in [-0.2, -0.15) is 10.2 Å². The van der Waals surface area contributed by atoms with E-state index in [0.29, 0.717) is 6.04 Å². The third kappa shape index (κ3) is 4.10. The zero-order chi connectivity index (χ0) is 18.6. The number of hydrogen-bond donors (Lipinski definition) is 1. The molecular weight excluding hydrogens is 338 g/mol. The van der Waals surface area contributed by atoms with Crippen molar-refractivity contribution in [2.75, 3.05) is 5.32 Å². The van der Waals surface area contributed by atoms with Gasteiger partial charge in [0.15, 0.2) is 0 Å². The van der Waals surface area contributed by atoms with Crippen LogP contribution in [0, 0.1) is 6.92 Å². The van der Waals surface area contributed by atoms with Crippen molar-refractivity contribution >= 4 is 11.7 Å². The number of hydrogen-bond acceptors (Lipinski definition) is 3. The van der Waals surface area contributed by atoms with Crippen LogP contribution in [0.1, 0.15) is 43.8 Å². The molecule has 1 aromatic carbocycles. The Morgan fingerprint density at radius 3 is 2.67 bits per heavy atom. The van der Waals surface area contributed by atoms with Crippen molar-refractivity contribution in [3.63, 3.8) is 0 Å². The van der Waals surface area contributed by atoms with Gasteiger partial charge in [-0.15, -0.1) is 0 Å². The standard InChI is InChI=1S/C21H25N5O/c1-16-14-20(26(23-16)18-10-6-3-7-11-18)22-21(27)15-25-13-12-19(24-25)17-8-4-2-5-9-17/h2,4-5,8-9,12-14,18H,3,6-7,10-11,15H2,1H3,(H,22,27). The lowest BCUT2D eigenvalue weighted by Crippen LogP contribution is -2.23. The number of carbonyl (C=O) groups is 1. The van der Waals surface area contributed by atoms with Gasteiger partial charge in [0.1, 0.15) is 12.4 Å². The van der Waals surface area contributed by atoms with Crippen LogP contribution in [-0.2, 0) is 11.3 Å². The van der Waals surface area contributed by atoms with Crippen LogP contribution in [0.2, 0.25) is 0 Å². The van der Waals surface area contributed by atoms with E-state index in [4.69, 9.17) is 0 Å². The number of aryl methyl sites for hydroxylation is 1. The maximum Gasteiger partial charge on any atom is 0.247 e. The van der Waals surface area contributed by atoms with E-state index in [9.17, 15) is 4.79 Å². The molecule has 27 heavy (non-hydrogen) atoms. The maximum atomic E-state index is 12.6. The molecule has 140 valence electrons. The van der Waals surface area contributed by atoms with E-state index in [1.807, 2.05) is 60.3 Å². The molecule has 1 fully saturated rings. The Bertz CT molecular complexity index is 906. The van der Waals surface area contributed by atoms with Gasteiger partial charge >= 0.3 is 0 Å². The Hall–Kier alpha value is -2.89. The monoisotopic (exact) mass is 363 g/mol. The van der Waals surface area contributed by atoms with Gasteiger partial charge < -0.3 is 5.32 Å². The van der Waals surface area contributed by atoms with Crippen LogP contribution in [0.25, 0.3) is 11.3 Å². The molecule has 4 rings (SSSR count). The van der Waals surface area contributed by atoms with E-state index in [0.717, 1.165) is 35.6 Å². The largest absolute Gasteiger partial charge is 0.309 e. The van der Waals surface area contributed by atoms with Crippen LogP contribution < -0.4 is 5.32 Å². The number of nitrogens with one attached hydrogen (secondary N) is 1. The highest BCUT2D eigenvalue weighted by Gasteiger charge is 2.20. The Kier molecular flexibility index (Phi) is 5.05. The SMILES string of the molecule is Cc1cc(NC(=O)Cn2ccc(-c3ccccc3)n2)n(C2CCCCC2)n1. The second-order valence-electron chi connectivity index (χ2n) is 7.22. The van der Waals surface area contributed by atoms with Crippen LogP contribution in [-0.4, -0.2) is 25.5 Å². The summed E-state index contributed by atoms with van der Waals surface area (Å²) in [5, 5.41) is 12.2. The molecule has 1 aliphatic carbocycles. The molecule has 1 amide bonds. The predicted molar refractivity (Wildman–Crippen MR) is 105 cm³/mol. The van der Waals surface area contributed by atoms with Crippen LogP contribution in [0.4, 0.5) is 5.82 Å². The third-order valence-electron chi connectivity index (χ3n) is 5.06. The number of amides is 1. The summed E-state index contributed by atoms with van der Waals surface area (Å²) in [6.45, 7) is 2.15. The number of rotatable bonds is 5. The average molecular weight is 363 g/mol. The van der Waals surface area contributed by atoms with E-state index < -0.39 is 0 Å². The summed E-state index contributed by atoms with van der Waals surface area (Å²) in [5.74, 6) is 0.703. The molecule has 2 aromatic heterocycles. The summed E-state index contributed by atoms with van der Waals surface area (Å²) in [7, 11) is 0. The normalized spacial score (nSPS) is 15.0. The molecule has 3 aromatic rings. The van der Waals surface area contributed by atoms with Gasteiger partial charge in [0, 0.05) is 17.8 Å². The smallest absolute Gasteiger partial charge is 0.247 e. The highest BCUT2D eigenvalue weighted by molar-refractivity contribution is 5.89. The van der Waals surface area contributed by atoms with E-state index in [1.54, 1.807) is 4.68 Å². The van der Waals surface area contributed by atoms with Gasteiger partial charge in [0.05, 0.1) is 17.4 Å². The predicted octanol–water partition coefficient (Wildman–Crippen LogP) is 4.20. The Labute approximate surface area is 159 Å². The van der Waals surface area contributed by atoms with Crippen molar-refractivity contribution in [2.45, 2.75) is 51.6 Å². The molecule has 2 heterocycles. The Morgan fingerprint density at radius 2 is 1.89 bits per heavy atom. The molecule has 1 N–H and O–H groups in total. The molecule has 6 nitrogen and oxygen atoms in total. The molecule has 0 spiro atoms. The molecule has 1 saturated carbocycles. The van der Waals surface area contributed by atoms with Crippen molar-refractivity contribution in [1.82, 2.24) is 19.6 Å². The summed E-state index contributed by atoms with van der Waals surface area (Å²) >= 11 is 0. The number of benzene rings is 1. The topological polar surface area (TPSA) is 64.7 Å². The highest BCUT2D eigenvalue weighted by atomic mass is 16.2. The van der Waals surface area contributed by atoms with E-state index in [2.05, 4.69) is 15.5 Å². The van der Waals surface area contributed by atoms with E-state index in [1.165, 1.54) is 19.3 Å². The lowest BCUT2D eigenvalue weighted by atomic mass is 9.96. The molecule has 0 bridgehead atoms. The first-order valence-corrected chi connectivity index (χ1v) is 9.64. The van der Waals surface area contributed by atoms with Crippen molar-refractivity contribution < 1.29 is 4.79 Å². The van der Waals surface area contributed by atoms with Crippen LogP contribution >= 0.6 is 0 Å². The van der Waals surface area contributed by atoms with Gasteiger partial charge in [-0.1, -0.05) is 49.6 Å². The molecule has 6 heteroatoms. The molecule has 0 saturated heterocycles. The number of nitrogens with zero attached hydrogens (tertiary/aromatic N) is 4. The van der Waals surface area contributed by atoms with Crippen LogP contribution in [0.5, 0.6) is 0 Å². The zero-order valence-corrected chi connectivity index (χ0v) is 15.6. The summed E-state index contributed by atoms with van der Waals surface area (Å²) in [4.78, 5) is 12.6. The lowest BCUT2D eigenvalue weighted by Gasteiger charge is -2.23. The average Bonchev–Trinajstić information content (AvgIpc) is 3.29. The minimum Gasteiger partial charge on any atom is -0.309 e. The third-order valence-corrected chi connectivity index (χ3v) is 5.06. The number of carbonyl (C=O) groups excluding carboxylic acids is 1. The second-order valence-corrected chi connectivity index (χ2v) is 7.22. The number of aromatic nitrogens is 4. The van der Waals surface area contributed by atoms with E-state index >= 15 is 0 Å². The summed E-state index contributed by atoms with van der Waals surface area (Å²) in [6.07, 6.45) is 7.85. The van der Waals surface area contributed by atoms with Crippen molar-refractivity contribution in [1.29, 1.82) is 0 Å². The fourth-order valence-electron chi connectivity index (χ4n) is 3.76. The highest BCUT2D eigenvalue weighted by Crippen LogP contribution is 2.30. The fraction of sp³-hybridized carbons (Fsp3) is 0.381. The molecule has 0 unspecified atom stereocenters. The van der Waals surface area contributed by atoms with Crippen molar-refractivity contribution in [3.05, 3.63) is 54.4 Å². The van der Waals surface area contributed by atoms with Gasteiger partial charge in [0.25, 0.3) is 0 Å². The Balaban J connectivity index is 1.44. The van der Waals surface area contributed by atoms with Crippen LogP contribution in [0.15, 0.2) is 48.7 Å².